The molecule has 1 atom stereocenters. The molecule has 41 heavy (non-hydrogen) atoms. The zero-order chi connectivity index (χ0) is 28.9. The van der Waals surface area contributed by atoms with Gasteiger partial charge in [0.15, 0.2) is 9.84 Å². The van der Waals surface area contributed by atoms with E-state index in [-0.39, 0.29) is 29.2 Å². The summed E-state index contributed by atoms with van der Waals surface area (Å²) < 4.78 is 59.1. The molecule has 1 aliphatic carbocycles. The molecule has 2 aliphatic rings. The highest BCUT2D eigenvalue weighted by Crippen LogP contribution is 2.49. The van der Waals surface area contributed by atoms with Gasteiger partial charge in [0.25, 0.3) is 11.5 Å². The maximum Gasteiger partial charge on any atom is 0.274 e. The number of ether oxygens (including phenoxy) is 1. The molecule has 0 bridgehead atoms. The van der Waals surface area contributed by atoms with Crippen molar-refractivity contribution in [2.45, 2.75) is 23.8 Å². The minimum Gasteiger partial charge on any atom is -0.492 e. The van der Waals surface area contributed by atoms with Crippen LogP contribution in [0.25, 0.3) is 22.0 Å². The molecule has 1 saturated heterocycles. The Balaban J connectivity index is 1.32. The van der Waals surface area contributed by atoms with Crippen molar-refractivity contribution in [1.29, 1.82) is 0 Å². The first-order valence-electron chi connectivity index (χ1n) is 13.3. The summed E-state index contributed by atoms with van der Waals surface area (Å²) in [5.41, 5.74) is 1.96. The van der Waals surface area contributed by atoms with E-state index < -0.39 is 21.7 Å². The fraction of sp³-hybridized carbons (Fsp3) is 0.393. The number of fused-ring (bicyclic) bond motifs is 1. The van der Waals surface area contributed by atoms with Gasteiger partial charge in [-0.1, -0.05) is 0 Å². The second-order valence-corrected chi connectivity index (χ2v) is 12.8. The number of sulfone groups is 1. The summed E-state index contributed by atoms with van der Waals surface area (Å²) in [5.74, 6) is -2.50. The van der Waals surface area contributed by atoms with E-state index in [4.69, 9.17) is 4.74 Å². The number of pyridine rings is 1. The van der Waals surface area contributed by atoms with Crippen molar-refractivity contribution >= 4 is 26.6 Å². The number of halogens is 2. The van der Waals surface area contributed by atoms with E-state index in [1.807, 2.05) is 6.07 Å². The molecule has 13 heteroatoms. The number of nitrogens with zero attached hydrogens (tertiary/aromatic N) is 5. The average Bonchev–Trinajstić information content (AvgIpc) is 3.34. The van der Waals surface area contributed by atoms with E-state index in [0.29, 0.717) is 28.6 Å². The third-order valence-corrected chi connectivity index (χ3v) is 8.84. The van der Waals surface area contributed by atoms with Crippen molar-refractivity contribution in [3.8, 4) is 16.9 Å². The predicted octanol–water partition coefficient (Wildman–Crippen LogP) is 3.08. The Bertz CT molecular complexity index is 1770. The van der Waals surface area contributed by atoms with Gasteiger partial charge in [0.05, 0.1) is 23.6 Å². The van der Waals surface area contributed by atoms with Crippen LogP contribution >= 0.6 is 0 Å². The molecule has 1 aromatic carbocycles. The topological polar surface area (TPSA) is 113 Å². The number of H-pyrrole nitrogens is 1. The standard InChI is InChI=1S/C28H30F2N6O4S/c1-34-16-23(21-12-20(41(2,38)39)3-4-24(21)40-17-18-13-28(18,29)30)22-11-19(33-26(22)27(34)37)15-35-7-9-36(10-8-35)25-14-31-5-6-32-25/h3-6,11-12,14,16,18,33H,7-10,13,15,17H2,1-2H3. The van der Waals surface area contributed by atoms with Crippen molar-refractivity contribution < 1.29 is 21.9 Å². The average molecular weight is 585 g/mol. The van der Waals surface area contributed by atoms with Gasteiger partial charge in [-0.05, 0) is 24.3 Å². The fourth-order valence-electron chi connectivity index (χ4n) is 5.24. The van der Waals surface area contributed by atoms with Crippen molar-refractivity contribution in [2.24, 2.45) is 13.0 Å². The molecular formula is C28H30F2N6O4S. The van der Waals surface area contributed by atoms with Crippen LogP contribution in [0.3, 0.4) is 0 Å². The highest BCUT2D eigenvalue weighted by Gasteiger charge is 2.57. The molecule has 216 valence electrons. The number of alkyl halides is 2. The maximum absolute atomic E-state index is 13.5. The molecule has 3 aromatic heterocycles. The van der Waals surface area contributed by atoms with Crippen LogP contribution in [-0.4, -0.2) is 77.8 Å². The van der Waals surface area contributed by atoms with Crippen LogP contribution in [0, 0.1) is 5.92 Å². The summed E-state index contributed by atoms with van der Waals surface area (Å²) in [6, 6.07) is 6.27. The third kappa shape index (κ3) is 5.55. The van der Waals surface area contributed by atoms with Gasteiger partial charge in [-0.2, -0.15) is 0 Å². The number of hydrogen-bond acceptors (Lipinski definition) is 8. The zero-order valence-corrected chi connectivity index (χ0v) is 23.5. The number of aryl methyl sites for hydroxylation is 1. The van der Waals surface area contributed by atoms with Crippen LogP contribution in [0.1, 0.15) is 12.1 Å². The van der Waals surface area contributed by atoms with Gasteiger partial charge < -0.3 is 19.2 Å². The van der Waals surface area contributed by atoms with Crippen LogP contribution in [-0.2, 0) is 23.4 Å². The van der Waals surface area contributed by atoms with Crippen molar-refractivity contribution in [1.82, 2.24) is 24.4 Å². The number of hydrogen-bond donors (Lipinski definition) is 1. The minimum absolute atomic E-state index is 0.0651. The molecule has 6 rings (SSSR count). The second kappa shape index (κ2) is 10.2. The van der Waals surface area contributed by atoms with Crippen LogP contribution in [0.2, 0.25) is 0 Å². The molecule has 4 aromatic rings. The van der Waals surface area contributed by atoms with E-state index >= 15 is 0 Å². The Morgan fingerprint density at radius 2 is 1.88 bits per heavy atom. The van der Waals surface area contributed by atoms with Gasteiger partial charge in [0.2, 0.25) is 0 Å². The van der Waals surface area contributed by atoms with Crippen LogP contribution in [0.5, 0.6) is 5.75 Å². The molecule has 1 unspecified atom stereocenters. The van der Waals surface area contributed by atoms with Crippen LogP contribution in [0.4, 0.5) is 14.6 Å². The third-order valence-electron chi connectivity index (χ3n) is 7.73. The SMILES string of the molecule is Cn1cc(-c2cc(S(C)(=O)=O)ccc2OCC2CC2(F)F)c2cc(CN3CCN(c4cnccn4)CC3)[nH]c2c1=O. The van der Waals surface area contributed by atoms with Gasteiger partial charge in [-0.15, -0.1) is 0 Å². The number of piperazine rings is 1. The Hall–Kier alpha value is -3.84. The highest BCUT2D eigenvalue weighted by atomic mass is 32.2. The second-order valence-electron chi connectivity index (χ2n) is 10.8. The van der Waals surface area contributed by atoms with Gasteiger partial charge in [0, 0.05) is 93.2 Å². The van der Waals surface area contributed by atoms with Crippen LogP contribution < -0.4 is 15.2 Å². The lowest BCUT2D eigenvalue weighted by Crippen LogP contribution is -2.46. The van der Waals surface area contributed by atoms with E-state index in [9.17, 15) is 22.0 Å². The number of aromatic nitrogens is 4. The predicted molar refractivity (Wildman–Crippen MR) is 150 cm³/mol. The lowest BCUT2D eigenvalue weighted by atomic mass is 10.0. The monoisotopic (exact) mass is 584 g/mol. The Kier molecular flexibility index (Phi) is 6.81. The minimum atomic E-state index is -3.57. The number of aromatic amines is 1. The normalized spacial score (nSPS) is 19.0. The largest absolute Gasteiger partial charge is 0.492 e. The number of rotatable bonds is 8. The molecule has 0 amide bonds. The zero-order valence-electron chi connectivity index (χ0n) is 22.7. The summed E-state index contributed by atoms with van der Waals surface area (Å²) in [4.78, 5) is 29.4. The Labute approximate surface area is 235 Å². The lowest BCUT2D eigenvalue weighted by Gasteiger charge is -2.34. The molecular weight excluding hydrogens is 554 g/mol. The van der Waals surface area contributed by atoms with Gasteiger partial charge in [-0.3, -0.25) is 14.7 Å². The fourth-order valence-corrected chi connectivity index (χ4v) is 5.88. The molecule has 1 aliphatic heterocycles. The highest BCUT2D eigenvalue weighted by molar-refractivity contribution is 7.90. The Morgan fingerprint density at radius 1 is 1.12 bits per heavy atom. The van der Waals surface area contributed by atoms with Crippen molar-refractivity contribution in [3.05, 3.63) is 65.1 Å². The molecule has 2 fully saturated rings. The van der Waals surface area contributed by atoms with Crippen molar-refractivity contribution in [3.63, 3.8) is 0 Å². The molecule has 4 heterocycles. The molecule has 1 N–H and O–H groups in total. The molecule has 0 spiro atoms. The van der Waals surface area contributed by atoms with Gasteiger partial charge in [-0.25, -0.2) is 22.2 Å². The first-order chi connectivity index (χ1) is 19.5. The van der Waals surface area contributed by atoms with Crippen molar-refractivity contribution in [2.75, 3.05) is 43.9 Å². The number of nitrogens with one attached hydrogen (secondary N) is 1. The first-order valence-corrected chi connectivity index (χ1v) is 15.2. The molecule has 10 nitrogen and oxygen atoms in total. The van der Waals surface area contributed by atoms with Gasteiger partial charge >= 0.3 is 0 Å². The summed E-state index contributed by atoms with van der Waals surface area (Å²) >= 11 is 0. The Morgan fingerprint density at radius 3 is 2.54 bits per heavy atom. The summed E-state index contributed by atoms with van der Waals surface area (Å²) in [6.07, 6.45) is 7.56. The smallest absolute Gasteiger partial charge is 0.274 e. The maximum atomic E-state index is 13.5. The lowest BCUT2D eigenvalue weighted by molar-refractivity contribution is 0.0857. The number of anilines is 1. The van der Waals surface area contributed by atoms with Gasteiger partial charge in [0.1, 0.15) is 17.1 Å². The summed E-state index contributed by atoms with van der Waals surface area (Å²) in [5, 5.41) is 0.605. The molecule has 0 radical (unpaired) electrons. The first kappa shape index (κ1) is 27.3. The van der Waals surface area contributed by atoms with E-state index in [2.05, 4.69) is 24.8 Å². The van der Waals surface area contributed by atoms with E-state index in [0.717, 1.165) is 43.9 Å². The van der Waals surface area contributed by atoms with E-state index in [1.54, 1.807) is 31.8 Å². The molecule has 1 saturated carbocycles. The summed E-state index contributed by atoms with van der Waals surface area (Å²) in [7, 11) is -1.95. The van der Waals surface area contributed by atoms with Crippen LogP contribution in [0.15, 0.2) is 58.7 Å². The quantitative estimate of drug-likeness (QED) is 0.336. The summed E-state index contributed by atoms with van der Waals surface area (Å²) in [6.45, 7) is 3.53. The van der Waals surface area contributed by atoms with E-state index in [1.165, 1.54) is 22.8 Å². The number of benzene rings is 1.